The minimum atomic E-state index is 0.194. The van der Waals surface area contributed by atoms with Gasteiger partial charge in [-0.25, -0.2) is 9.98 Å². The summed E-state index contributed by atoms with van der Waals surface area (Å²) in [5, 5.41) is 0. The van der Waals surface area contributed by atoms with Crippen LogP contribution >= 0.6 is 20.2 Å². The molecule has 1 heterocycles. The van der Waals surface area contributed by atoms with Crippen molar-refractivity contribution in [3.63, 3.8) is 0 Å². The Labute approximate surface area is 193 Å². The van der Waals surface area contributed by atoms with Gasteiger partial charge in [-0.05, 0) is 74.2 Å². The molecule has 1 aromatic heterocycles. The zero-order valence-corrected chi connectivity index (χ0v) is 20.2. The number of furan rings is 1. The van der Waals surface area contributed by atoms with Crippen LogP contribution in [0.2, 0.25) is 0 Å². The third kappa shape index (κ3) is 7.45. The van der Waals surface area contributed by atoms with Gasteiger partial charge in [-0.1, -0.05) is 38.1 Å². The van der Waals surface area contributed by atoms with Gasteiger partial charge in [0.25, 0.3) is 0 Å². The first-order chi connectivity index (χ1) is 14.5. The summed E-state index contributed by atoms with van der Waals surface area (Å²) in [7, 11) is 9.53. The summed E-state index contributed by atoms with van der Waals surface area (Å²) < 4.78 is 5.98. The van der Waals surface area contributed by atoms with Crippen molar-refractivity contribution in [1.29, 1.82) is 0 Å². The van der Waals surface area contributed by atoms with E-state index in [1.165, 1.54) is 11.1 Å². The van der Waals surface area contributed by atoms with Gasteiger partial charge in [-0.3, -0.25) is 0 Å². The van der Waals surface area contributed by atoms with Gasteiger partial charge >= 0.3 is 33.3 Å². The van der Waals surface area contributed by atoms with Crippen LogP contribution in [0, 0.1) is 0 Å². The van der Waals surface area contributed by atoms with Crippen LogP contribution in [0.3, 0.4) is 0 Å². The zero-order valence-electron chi connectivity index (χ0n) is 17.6. The second-order valence-electron chi connectivity index (χ2n) is 6.65. The summed E-state index contributed by atoms with van der Waals surface area (Å²) in [5.41, 5.74) is 6.20. The molecule has 0 aliphatic heterocycles. The maximum atomic E-state index is 5.98. The third-order valence-corrected chi connectivity index (χ3v) is 4.60. The van der Waals surface area contributed by atoms with Crippen molar-refractivity contribution in [1.82, 2.24) is 0 Å². The van der Waals surface area contributed by atoms with Gasteiger partial charge in [0.15, 0.2) is 0 Å². The van der Waals surface area contributed by atoms with E-state index in [1.807, 2.05) is 50.2 Å². The van der Waals surface area contributed by atoms with E-state index in [2.05, 4.69) is 48.1 Å². The summed E-state index contributed by atoms with van der Waals surface area (Å²) >= 11 is 0.194. The normalized spacial score (nSPS) is 11.9. The van der Waals surface area contributed by atoms with Crippen LogP contribution in [-0.2, 0) is 26.0 Å². The number of rotatable bonds is 6. The van der Waals surface area contributed by atoms with E-state index in [0.29, 0.717) is 0 Å². The summed E-state index contributed by atoms with van der Waals surface area (Å²) in [6, 6.07) is 20.5. The van der Waals surface area contributed by atoms with Crippen LogP contribution < -0.4 is 0 Å². The molecule has 0 aliphatic carbocycles. The Bertz CT molecular complexity index is 899. The summed E-state index contributed by atoms with van der Waals surface area (Å²) in [4.78, 5) is 9.33. The van der Waals surface area contributed by atoms with Gasteiger partial charge in [0.1, 0.15) is 11.5 Å². The molecule has 0 bridgehead atoms. The van der Waals surface area contributed by atoms with E-state index < -0.39 is 0 Å². The first-order valence-electron chi connectivity index (χ1n) is 9.74. The van der Waals surface area contributed by atoms with Crippen LogP contribution in [0.15, 0.2) is 75.1 Å². The fourth-order valence-corrected chi connectivity index (χ4v) is 2.84. The molecular weight excluding hydrogens is 459 g/mol. The van der Waals surface area contributed by atoms with Gasteiger partial charge in [0.2, 0.25) is 0 Å². The van der Waals surface area contributed by atoms with Crippen LogP contribution in [0.25, 0.3) is 0 Å². The molecule has 3 rings (SSSR count). The molecule has 0 unspecified atom stereocenters. The van der Waals surface area contributed by atoms with Crippen molar-refractivity contribution >= 4 is 43.0 Å². The Morgan fingerprint density at radius 1 is 0.700 bits per heavy atom. The summed E-state index contributed by atoms with van der Waals surface area (Å²) in [6.45, 7) is 8.23. The van der Waals surface area contributed by atoms with E-state index in [-0.39, 0.29) is 13.1 Å². The number of halogens is 2. The van der Waals surface area contributed by atoms with E-state index in [4.69, 9.17) is 24.6 Å². The van der Waals surface area contributed by atoms with Gasteiger partial charge < -0.3 is 4.42 Å². The second kappa shape index (κ2) is 12.8. The summed E-state index contributed by atoms with van der Waals surface area (Å²) in [6.07, 6.45) is 2.06. The SMILES string of the molecule is CCc1ccc(N=C(C)c2ccc(C(C)=Nc3ccc(CC)cc3)o2)cc1.[Cl][Fe][Cl]. The number of aryl methyl sites for hydroxylation is 2. The Morgan fingerprint density at radius 3 is 1.33 bits per heavy atom. The molecule has 0 saturated carbocycles. The molecule has 160 valence electrons. The number of nitrogens with zero attached hydrogens (tertiary/aromatic N) is 2. The van der Waals surface area contributed by atoms with E-state index >= 15 is 0 Å². The van der Waals surface area contributed by atoms with Gasteiger partial charge in [0.05, 0.1) is 22.8 Å². The Morgan fingerprint density at radius 2 is 1.03 bits per heavy atom. The topological polar surface area (TPSA) is 37.9 Å². The van der Waals surface area contributed by atoms with Crippen molar-refractivity contribution in [3.05, 3.63) is 83.3 Å². The Hall–Kier alpha value is -1.84. The molecule has 6 heteroatoms. The quantitative estimate of drug-likeness (QED) is 0.257. The molecular formula is C24H26Cl2FeN2O. The van der Waals surface area contributed by atoms with Crippen molar-refractivity contribution in [2.45, 2.75) is 40.5 Å². The van der Waals surface area contributed by atoms with Crippen molar-refractivity contribution < 1.29 is 17.6 Å². The molecule has 0 N–H and O–H groups in total. The number of hydrogen-bond donors (Lipinski definition) is 0. The molecule has 0 spiro atoms. The molecule has 3 nitrogen and oxygen atoms in total. The van der Waals surface area contributed by atoms with E-state index in [9.17, 15) is 0 Å². The molecule has 0 amide bonds. The van der Waals surface area contributed by atoms with Gasteiger partial charge in [-0.15, -0.1) is 0 Å². The van der Waals surface area contributed by atoms with Crippen LogP contribution in [0.4, 0.5) is 11.4 Å². The molecule has 0 radical (unpaired) electrons. The van der Waals surface area contributed by atoms with E-state index in [0.717, 1.165) is 47.2 Å². The van der Waals surface area contributed by atoms with Crippen LogP contribution in [0.5, 0.6) is 0 Å². The summed E-state index contributed by atoms with van der Waals surface area (Å²) in [5.74, 6) is 1.53. The van der Waals surface area contributed by atoms with Crippen LogP contribution in [0.1, 0.15) is 50.3 Å². The Balaban J connectivity index is 0.00000101. The van der Waals surface area contributed by atoms with Crippen LogP contribution in [-0.4, -0.2) is 11.4 Å². The average molecular weight is 485 g/mol. The zero-order chi connectivity index (χ0) is 21.9. The predicted molar refractivity (Wildman–Crippen MR) is 126 cm³/mol. The number of aliphatic imine (C=N–C) groups is 2. The van der Waals surface area contributed by atoms with Crippen molar-refractivity contribution in [2.75, 3.05) is 0 Å². The number of hydrogen-bond acceptors (Lipinski definition) is 3. The van der Waals surface area contributed by atoms with Crippen molar-refractivity contribution in [2.24, 2.45) is 9.98 Å². The first kappa shape index (κ1) is 24.4. The third-order valence-electron chi connectivity index (χ3n) is 4.60. The standard InChI is InChI=1S/C24H26N2O.2ClH.Fe/c1-5-19-7-11-21(12-8-19)25-17(3)23-15-16-24(27-23)18(4)26-22-13-9-20(6-2)10-14-22;;;/h7-16H,5-6H2,1-4H3;2*1H;/q;;;+2/p-2. The molecule has 0 fully saturated rings. The van der Waals surface area contributed by atoms with Crippen molar-refractivity contribution in [3.8, 4) is 0 Å². The van der Waals surface area contributed by atoms with Gasteiger partial charge in [0, 0.05) is 0 Å². The first-order valence-corrected chi connectivity index (χ1v) is 12.8. The Kier molecular flexibility index (Phi) is 10.4. The molecule has 0 saturated heterocycles. The maximum absolute atomic E-state index is 5.98. The van der Waals surface area contributed by atoms with Gasteiger partial charge in [-0.2, -0.15) is 0 Å². The predicted octanol–water partition coefficient (Wildman–Crippen LogP) is 8.06. The molecule has 0 aliphatic rings. The monoisotopic (exact) mass is 484 g/mol. The molecule has 30 heavy (non-hydrogen) atoms. The number of benzene rings is 2. The second-order valence-corrected chi connectivity index (χ2v) is 8.47. The fourth-order valence-electron chi connectivity index (χ4n) is 2.84. The fraction of sp³-hybridized carbons (Fsp3) is 0.250. The molecule has 2 aromatic carbocycles. The molecule has 0 atom stereocenters. The molecule has 3 aromatic rings. The average Bonchev–Trinajstić information content (AvgIpc) is 3.26. The van der Waals surface area contributed by atoms with E-state index in [1.54, 1.807) is 0 Å². The minimum absolute atomic E-state index is 0.194.